The van der Waals surface area contributed by atoms with E-state index in [0.29, 0.717) is 36.2 Å². The fourth-order valence-corrected chi connectivity index (χ4v) is 3.90. The smallest absolute Gasteiger partial charge is 0.272 e. The molecule has 0 radical (unpaired) electrons. The molecule has 0 aliphatic carbocycles. The van der Waals surface area contributed by atoms with Gasteiger partial charge < -0.3 is 14.8 Å². The van der Waals surface area contributed by atoms with Crippen molar-refractivity contribution in [2.24, 2.45) is 0 Å². The zero-order valence-corrected chi connectivity index (χ0v) is 17.5. The molecule has 4 rings (SSSR count). The molecular formula is C23H26N4O4. The highest BCUT2D eigenvalue weighted by Crippen LogP contribution is 2.24. The number of nitrogens with one attached hydrogen (secondary N) is 2. The molecule has 1 atom stereocenters. The molecule has 1 aliphatic rings. The molecule has 1 amide bonds. The quantitative estimate of drug-likeness (QED) is 0.601. The number of morpholine rings is 1. The highest BCUT2D eigenvalue weighted by Gasteiger charge is 2.23. The third kappa shape index (κ3) is 4.92. The number of aromatic amines is 1. The molecule has 8 nitrogen and oxygen atoms in total. The lowest BCUT2D eigenvalue weighted by Crippen LogP contribution is -2.44. The van der Waals surface area contributed by atoms with Gasteiger partial charge in [0.2, 0.25) is 5.91 Å². The van der Waals surface area contributed by atoms with Crippen LogP contribution in [-0.2, 0) is 16.0 Å². The molecular weight excluding hydrogens is 396 g/mol. The van der Waals surface area contributed by atoms with Crippen LogP contribution in [0.2, 0.25) is 0 Å². The molecule has 0 saturated carbocycles. The van der Waals surface area contributed by atoms with Gasteiger partial charge in [-0.15, -0.1) is 0 Å². The Hall–Kier alpha value is -3.23. The Morgan fingerprint density at radius 2 is 1.87 bits per heavy atom. The minimum Gasteiger partial charge on any atom is -0.497 e. The second kappa shape index (κ2) is 9.72. The summed E-state index contributed by atoms with van der Waals surface area (Å²) in [5.74, 6) is 0.654. The van der Waals surface area contributed by atoms with Gasteiger partial charge in [-0.25, -0.2) is 5.10 Å². The lowest BCUT2D eigenvalue weighted by molar-refractivity contribution is -0.120. The van der Waals surface area contributed by atoms with E-state index in [4.69, 9.17) is 9.47 Å². The van der Waals surface area contributed by atoms with E-state index in [1.165, 1.54) is 0 Å². The van der Waals surface area contributed by atoms with Gasteiger partial charge in [0.1, 0.15) is 5.75 Å². The van der Waals surface area contributed by atoms with Gasteiger partial charge in [0.15, 0.2) is 0 Å². The summed E-state index contributed by atoms with van der Waals surface area (Å²) < 4.78 is 10.8. The molecule has 1 saturated heterocycles. The summed E-state index contributed by atoms with van der Waals surface area (Å²) >= 11 is 0. The third-order valence-corrected chi connectivity index (χ3v) is 5.58. The van der Waals surface area contributed by atoms with Gasteiger partial charge in [0, 0.05) is 25.0 Å². The molecule has 2 N–H and O–H groups in total. The van der Waals surface area contributed by atoms with Gasteiger partial charge in [-0.05, 0) is 23.8 Å². The number of carbonyl (C=O) groups is 1. The number of aromatic nitrogens is 2. The summed E-state index contributed by atoms with van der Waals surface area (Å²) in [4.78, 5) is 27.0. The number of hydrogen-bond acceptors (Lipinski definition) is 6. The SMILES string of the molecule is COc1ccc([C@@H](CNC(=O)Cc2n[nH]c(=O)c3ccccc23)N2CCOCC2)cc1. The van der Waals surface area contributed by atoms with Crippen LogP contribution in [0.15, 0.2) is 53.3 Å². The fourth-order valence-electron chi connectivity index (χ4n) is 3.90. The molecule has 0 unspecified atom stereocenters. The van der Waals surface area contributed by atoms with Crippen LogP contribution in [0.5, 0.6) is 5.75 Å². The normalized spacial score (nSPS) is 15.5. The Kier molecular flexibility index (Phi) is 6.59. The van der Waals surface area contributed by atoms with Gasteiger partial charge >= 0.3 is 0 Å². The summed E-state index contributed by atoms with van der Waals surface area (Å²) in [7, 11) is 1.64. The average Bonchev–Trinajstić information content (AvgIpc) is 2.82. The van der Waals surface area contributed by atoms with E-state index in [2.05, 4.69) is 20.4 Å². The largest absolute Gasteiger partial charge is 0.497 e. The van der Waals surface area contributed by atoms with Crippen molar-refractivity contribution in [3.8, 4) is 5.75 Å². The molecule has 1 aliphatic heterocycles. The minimum atomic E-state index is -0.258. The summed E-state index contributed by atoms with van der Waals surface area (Å²) in [6, 6.07) is 15.1. The lowest BCUT2D eigenvalue weighted by atomic mass is 10.0. The van der Waals surface area contributed by atoms with E-state index in [1.807, 2.05) is 36.4 Å². The number of amides is 1. The number of fused-ring (bicyclic) bond motifs is 1. The maximum Gasteiger partial charge on any atom is 0.272 e. The van der Waals surface area contributed by atoms with E-state index in [-0.39, 0.29) is 23.9 Å². The second-order valence-corrected chi connectivity index (χ2v) is 7.46. The van der Waals surface area contributed by atoms with Crippen molar-refractivity contribution in [2.45, 2.75) is 12.5 Å². The maximum atomic E-state index is 12.8. The van der Waals surface area contributed by atoms with Gasteiger partial charge in [-0.3, -0.25) is 14.5 Å². The van der Waals surface area contributed by atoms with Crippen LogP contribution in [-0.4, -0.2) is 61.0 Å². The maximum absolute atomic E-state index is 12.8. The molecule has 2 aromatic carbocycles. The highest BCUT2D eigenvalue weighted by atomic mass is 16.5. The first-order valence-electron chi connectivity index (χ1n) is 10.3. The van der Waals surface area contributed by atoms with Gasteiger partial charge in [-0.1, -0.05) is 30.3 Å². The van der Waals surface area contributed by atoms with E-state index in [0.717, 1.165) is 24.4 Å². The number of H-pyrrole nitrogens is 1. The standard InChI is InChI=1S/C23H26N4O4/c1-30-17-8-6-16(7-9-17)21(27-10-12-31-13-11-27)15-24-22(28)14-20-18-4-2-3-5-19(18)23(29)26-25-20/h2-9,21H,10-15H2,1H3,(H,24,28)(H,26,29)/t21-/m1/s1. The summed E-state index contributed by atoms with van der Waals surface area (Å²) in [5, 5.41) is 10.9. The Morgan fingerprint density at radius 3 is 2.58 bits per heavy atom. The monoisotopic (exact) mass is 422 g/mol. The van der Waals surface area contributed by atoms with Crippen molar-refractivity contribution in [3.63, 3.8) is 0 Å². The molecule has 3 aromatic rings. The topological polar surface area (TPSA) is 96.5 Å². The highest BCUT2D eigenvalue weighted by molar-refractivity contribution is 5.88. The van der Waals surface area contributed by atoms with Gasteiger partial charge in [0.25, 0.3) is 5.56 Å². The predicted octanol–water partition coefficient (Wildman–Crippen LogP) is 1.66. The van der Waals surface area contributed by atoms with E-state index < -0.39 is 0 Å². The Balaban J connectivity index is 1.48. The fraction of sp³-hybridized carbons (Fsp3) is 0.348. The van der Waals surface area contributed by atoms with Crippen molar-refractivity contribution >= 4 is 16.7 Å². The van der Waals surface area contributed by atoms with E-state index >= 15 is 0 Å². The minimum absolute atomic E-state index is 0.0269. The molecule has 162 valence electrons. The van der Waals surface area contributed by atoms with Crippen molar-refractivity contribution in [1.29, 1.82) is 0 Å². The predicted molar refractivity (Wildman–Crippen MR) is 117 cm³/mol. The number of ether oxygens (including phenoxy) is 2. The number of benzene rings is 2. The summed E-state index contributed by atoms with van der Waals surface area (Å²) in [6.07, 6.45) is 0.0930. The van der Waals surface area contributed by atoms with Crippen LogP contribution in [0, 0.1) is 0 Å². The molecule has 1 aromatic heterocycles. The molecule has 1 fully saturated rings. The van der Waals surface area contributed by atoms with E-state index in [1.54, 1.807) is 19.2 Å². The zero-order valence-electron chi connectivity index (χ0n) is 17.5. The molecule has 0 bridgehead atoms. The van der Waals surface area contributed by atoms with Crippen LogP contribution < -0.4 is 15.6 Å². The Bertz CT molecular complexity index is 1090. The van der Waals surface area contributed by atoms with Gasteiger partial charge in [0.05, 0.1) is 43.9 Å². The number of carbonyl (C=O) groups excluding carboxylic acids is 1. The first-order chi connectivity index (χ1) is 15.2. The molecule has 8 heteroatoms. The zero-order chi connectivity index (χ0) is 21.6. The molecule has 2 heterocycles. The lowest BCUT2D eigenvalue weighted by Gasteiger charge is -2.35. The Labute approximate surface area is 180 Å². The van der Waals surface area contributed by atoms with Crippen LogP contribution in [0.4, 0.5) is 0 Å². The number of rotatable bonds is 7. The third-order valence-electron chi connectivity index (χ3n) is 5.58. The summed E-state index contributed by atoms with van der Waals surface area (Å²) in [5.41, 5.74) is 1.40. The van der Waals surface area contributed by atoms with Crippen molar-refractivity contribution < 1.29 is 14.3 Å². The molecule has 31 heavy (non-hydrogen) atoms. The Morgan fingerprint density at radius 1 is 1.16 bits per heavy atom. The number of methoxy groups -OCH3 is 1. The van der Waals surface area contributed by atoms with Crippen LogP contribution in [0.25, 0.3) is 10.8 Å². The molecule has 0 spiro atoms. The van der Waals surface area contributed by atoms with Gasteiger partial charge in [-0.2, -0.15) is 5.10 Å². The number of hydrogen-bond donors (Lipinski definition) is 2. The van der Waals surface area contributed by atoms with Crippen molar-refractivity contribution in [3.05, 3.63) is 70.1 Å². The first-order valence-corrected chi connectivity index (χ1v) is 10.3. The van der Waals surface area contributed by atoms with Crippen LogP contribution in [0.1, 0.15) is 17.3 Å². The summed E-state index contributed by atoms with van der Waals surface area (Å²) in [6.45, 7) is 3.42. The van der Waals surface area contributed by atoms with Crippen LogP contribution >= 0.6 is 0 Å². The van der Waals surface area contributed by atoms with Crippen LogP contribution in [0.3, 0.4) is 0 Å². The average molecular weight is 422 g/mol. The van der Waals surface area contributed by atoms with Crippen molar-refractivity contribution in [1.82, 2.24) is 20.4 Å². The van der Waals surface area contributed by atoms with Crippen molar-refractivity contribution in [2.75, 3.05) is 40.0 Å². The second-order valence-electron chi connectivity index (χ2n) is 7.46. The van der Waals surface area contributed by atoms with E-state index in [9.17, 15) is 9.59 Å². The number of nitrogens with zero attached hydrogens (tertiary/aromatic N) is 2. The first kappa shape index (κ1) is 21.0.